The fourth-order valence-corrected chi connectivity index (χ4v) is 12.0. The predicted molar refractivity (Wildman–Crippen MR) is 269 cm³/mol. The van der Waals surface area contributed by atoms with Crippen molar-refractivity contribution in [2.24, 2.45) is 34.6 Å². The number of aromatic carboxylic acids is 1. The van der Waals surface area contributed by atoms with Gasteiger partial charge in [-0.2, -0.15) is 0 Å². The number of carboxylic acid groups (broad SMARTS) is 1. The monoisotopic (exact) mass is 1030 g/mol. The molecule has 21 nitrogen and oxygen atoms in total. The minimum absolute atomic E-state index is 0.0190. The van der Waals surface area contributed by atoms with E-state index in [-0.39, 0.29) is 43.0 Å². The molecule has 412 valence electrons. The molecular weight excluding hydrogens is 952 g/mol. The number of anilines is 1. The van der Waals surface area contributed by atoms with Crippen molar-refractivity contribution in [3.63, 3.8) is 0 Å². The predicted octanol–water partition coefficient (Wildman–Crippen LogP) is 0.726. The first kappa shape index (κ1) is 56.0. The number of halogens is 1. The van der Waals surface area contributed by atoms with E-state index in [2.05, 4.69) is 9.80 Å². The van der Waals surface area contributed by atoms with E-state index in [1.165, 1.54) is 45.1 Å². The third-order valence-corrected chi connectivity index (χ3v) is 16.3. The lowest BCUT2D eigenvalue weighted by Gasteiger charge is -2.48. The number of hydrogen-bond donors (Lipinski definition) is 10. The number of carbonyl (C=O) groups is 1. The molecule has 0 radical (unpaired) electrons. The van der Waals surface area contributed by atoms with E-state index in [4.69, 9.17) is 57.1 Å². The molecule has 1 aromatic carbocycles. The van der Waals surface area contributed by atoms with Crippen molar-refractivity contribution in [3.8, 4) is 5.75 Å². The quantitative estimate of drug-likeness (QED) is 0.0648. The van der Waals surface area contributed by atoms with Crippen molar-refractivity contribution in [1.82, 2.24) is 9.47 Å². The number of aliphatic hydroxyl groups excluding tert-OH is 4. The Morgan fingerprint density at radius 2 is 1.45 bits per heavy atom. The zero-order valence-electron chi connectivity index (χ0n) is 42.3. The normalized spacial score (nSPS) is 35.1. The number of aromatic nitrogens is 1. The fraction of sp³-hybridized carbons (Fsp3) is 0.804. The van der Waals surface area contributed by atoms with Crippen LogP contribution in [0, 0.1) is 11.7 Å². The van der Waals surface area contributed by atoms with E-state index in [0.717, 1.165) is 77.3 Å². The summed E-state index contributed by atoms with van der Waals surface area (Å²) in [4.78, 5) is 29.8. The lowest BCUT2D eigenvalue weighted by molar-refractivity contribution is -0.315. The van der Waals surface area contributed by atoms with Crippen LogP contribution in [-0.2, 0) is 23.7 Å². The number of nitrogens with two attached hydrogens (primary N) is 5. The van der Waals surface area contributed by atoms with E-state index in [1.54, 1.807) is 0 Å². The average molecular weight is 1040 g/mol. The second kappa shape index (κ2) is 25.3. The number of likely N-dealkylation sites (tertiary alicyclic amines) is 1. The second-order valence-electron chi connectivity index (χ2n) is 21.6. The molecule has 0 unspecified atom stereocenters. The van der Waals surface area contributed by atoms with Crippen molar-refractivity contribution < 1.29 is 63.1 Å². The largest absolute Gasteiger partial charge is 0.492 e. The van der Waals surface area contributed by atoms with Gasteiger partial charge in [0, 0.05) is 56.6 Å². The third-order valence-electron chi connectivity index (χ3n) is 16.3. The Hall–Kier alpha value is -3.17. The first-order chi connectivity index (χ1) is 35.1. The number of piperidine rings is 1. The summed E-state index contributed by atoms with van der Waals surface area (Å²) < 4.78 is 53.6. The van der Waals surface area contributed by atoms with E-state index in [1.807, 2.05) is 4.57 Å². The molecule has 2 saturated carbocycles. The Kier molecular flexibility index (Phi) is 19.4. The summed E-state index contributed by atoms with van der Waals surface area (Å²) in [5, 5.41) is 53.2. The lowest BCUT2D eigenvalue weighted by Crippen LogP contribution is -2.68. The number of pyridine rings is 1. The molecule has 15 N–H and O–H groups in total. The van der Waals surface area contributed by atoms with E-state index < -0.39 is 103 Å². The summed E-state index contributed by atoms with van der Waals surface area (Å²) in [5.41, 5.74) is 30.7. The van der Waals surface area contributed by atoms with Gasteiger partial charge in [0.2, 0.25) is 5.43 Å². The van der Waals surface area contributed by atoms with Crippen LogP contribution in [0.3, 0.4) is 0 Å². The Morgan fingerprint density at radius 1 is 0.808 bits per heavy atom. The molecular formula is C51H83FN8O13. The highest BCUT2D eigenvalue weighted by molar-refractivity contribution is 5.97. The molecule has 2 aliphatic carbocycles. The van der Waals surface area contributed by atoms with Crippen LogP contribution in [0.4, 0.5) is 10.1 Å². The van der Waals surface area contributed by atoms with Crippen LogP contribution in [0.15, 0.2) is 17.1 Å². The third kappa shape index (κ3) is 12.8. The molecule has 16 atom stereocenters. The van der Waals surface area contributed by atoms with Gasteiger partial charge in [-0.15, -0.1) is 0 Å². The van der Waals surface area contributed by atoms with Crippen LogP contribution in [0.1, 0.15) is 119 Å². The molecule has 6 fully saturated rings. The highest BCUT2D eigenvalue weighted by Gasteiger charge is 2.51. The SMILES string of the molecule is COc1c(N2C[C@@H]3CCCN(CCCCCCCCCCCCOC[C@H]4O[C@H](O[C@@H]5[C@@H](O)[C@H](O[C@H]6O[C@H](CN)[C@@H](O)C[C@H]6N)[C@@H](N)C[C@H]5N)[C@H](O)[C@@H](N)[C@@H]4O)[C@@H]3C2)c(F)cc2c(=O)c(C(=O)O)cn(C3CC3)c12. The number of nitrogens with zero attached hydrogens (tertiary/aromatic N) is 3. The van der Waals surface area contributed by atoms with Gasteiger partial charge in [-0.3, -0.25) is 9.69 Å². The second-order valence-corrected chi connectivity index (χ2v) is 21.6. The number of methoxy groups -OCH3 is 1. The van der Waals surface area contributed by atoms with Crippen molar-refractivity contribution in [2.75, 3.05) is 57.9 Å². The van der Waals surface area contributed by atoms with Gasteiger partial charge in [-0.1, -0.05) is 51.4 Å². The number of rotatable bonds is 24. The average Bonchev–Trinajstić information content (AvgIpc) is 4.12. The molecule has 4 saturated heterocycles. The number of aliphatic hydroxyl groups is 4. The highest BCUT2D eigenvalue weighted by atomic mass is 19.1. The number of fused-ring (bicyclic) bond motifs is 2. The Bertz CT molecular complexity index is 2200. The number of ether oxygens (including phenoxy) is 6. The maximum Gasteiger partial charge on any atom is 0.341 e. The van der Waals surface area contributed by atoms with Crippen molar-refractivity contribution in [2.45, 2.75) is 200 Å². The molecule has 0 spiro atoms. The van der Waals surface area contributed by atoms with Gasteiger partial charge >= 0.3 is 5.97 Å². The van der Waals surface area contributed by atoms with E-state index in [9.17, 15) is 35.1 Å². The van der Waals surface area contributed by atoms with Crippen molar-refractivity contribution in [1.29, 1.82) is 0 Å². The minimum Gasteiger partial charge on any atom is -0.492 e. The van der Waals surface area contributed by atoms with Gasteiger partial charge in [-0.05, 0) is 76.4 Å². The number of unbranched alkanes of at least 4 members (excludes halogenated alkanes) is 9. The van der Waals surface area contributed by atoms with Gasteiger partial charge < -0.3 is 92.1 Å². The molecule has 4 aliphatic heterocycles. The van der Waals surface area contributed by atoms with Crippen LogP contribution in [0.5, 0.6) is 5.75 Å². The molecule has 0 amide bonds. The molecule has 0 bridgehead atoms. The summed E-state index contributed by atoms with van der Waals surface area (Å²) >= 11 is 0. The zero-order valence-corrected chi connectivity index (χ0v) is 42.3. The first-order valence-electron chi connectivity index (χ1n) is 26.9. The molecule has 6 aliphatic rings. The summed E-state index contributed by atoms with van der Waals surface area (Å²) in [6, 6.07) is -1.72. The summed E-state index contributed by atoms with van der Waals surface area (Å²) in [6.07, 6.45) is 5.76. The molecule has 73 heavy (non-hydrogen) atoms. The maximum absolute atomic E-state index is 16.1. The maximum atomic E-state index is 16.1. The highest BCUT2D eigenvalue weighted by Crippen LogP contribution is 2.46. The van der Waals surface area contributed by atoms with Crippen LogP contribution in [-0.4, -0.2) is 186 Å². The fourth-order valence-electron chi connectivity index (χ4n) is 12.0. The molecule has 1 aromatic heterocycles. The topological polar surface area (TPSA) is 332 Å². The minimum atomic E-state index is -1.43. The Morgan fingerprint density at radius 3 is 2.10 bits per heavy atom. The summed E-state index contributed by atoms with van der Waals surface area (Å²) in [6.45, 7) is 3.92. The van der Waals surface area contributed by atoms with Gasteiger partial charge in [0.05, 0.1) is 48.9 Å². The number of carboxylic acids is 1. The molecule has 22 heteroatoms. The van der Waals surface area contributed by atoms with Crippen LogP contribution in [0.25, 0.3) is 10.9 Å². The van der Waals surface area contributed by atoms with Gasteiger partial charge in [0.15, 0.2) is 24.1 Å². The molecule has 8 rings (SSSR count). The number of hydrogen-bond acceptors (Lipinski definition) is 19. The summed E-state index contributed by atoms with van der Waals surface area (Å²) in [5.74, 6) is -1.19. The zero-order chi connectivity index (χ0) is 52.1. The van der Waals surface area contributed by atoms with E-state index >= 15 is 4.39 Å². The lowest BCUT2D eigenvalue weighted by atomic mass is 9.84. The van der Waals surface area contributed by atoms with E-state index in [0.29, 0.717) is 48.6 Å². The van der Waals surface area contributed by atoms with Crippen molar-refractivity contribution in [3.05, 3.63) is 33.9 Å². The van der Waals surface area contributed by atoms with Crippen LogP contribution >= 0.6 is 0 Å². The molecule has 5 heterocycles. The summed E-state index contributed by atoms with van der Waals surface area (Å²) in [7, 11) is 1.49. The smallest absolute Gasteiger partial charge is 0.341 e. The Balaban J connectivity index is 0.700. The standard InChI is InChI=1S/C51H83FN8O13/c1-68-48-40-29(42(62)30(49(66)67)24-60(40)28-14-15-28)19-31(52)41(48)59-23-27-13-12-17-58(35(27)25-59)16-10-8-6-4-2-3-5-7-9-11-18-69-26-38-43(63)39(57)44(64)51(71-38)73-47-33(55)20-32(54)46(45(47)65)72-50-34(56)21-36(61)37(22-53)70-50/h19,24,27-28,32-39,43-47,50-51,61,63-65H,2-18,20-23,25-26,53-57H2,1H3,(H,66,67)/t27-,32-,33+,34+,35+,36-,37+,38+,39-,43+,44+,45-,46+,47-,50+,51+/m0/s1. The number of benzene rings is 1. The first-order valence-corrected chi connectivity index (χ1v) is 26.9. The van der Waals surface area contributed by atoms with Gasteiger partial charge in [0.25, 0.3) is 0 Å². The van der Waals surface area contributed by atoms with Crippen molar-refractivity contribution >= 4 is 22.6 Å². The van der Waals surface area contributed by atoms with Gasteiger partial charge in [-0.25, -0.2) is 9.18 Å². The molecule has 2 aromatic rings. The van der Waals surface area contributed by atoms with Gasteiger partial charge in [0.1, 0.15) is 47.9 Å². The Labute approximate surface area is 426 Å². The van der Waals surface area contributed by atoms with Crippen LogP contribution in [0.2, 0.25) is 0 Å². The van der Waals surface area contributed by atoms with Crippen LogP contribution < -0.4 is 43.7 Å².